The number of hydrogen-bond acceptors (Lipinski definition) is 11. The van der Waals surface area contributed by atoms with Crippen LogP contribution in [0.15, 0.2) is 115 Å². The van der Waals surface area contributed by atoms with Gasteiger partial charge in [0.25, 0.3) is 0 Å². The van der Waals surface area contributed by atoms with Gasteiger partial charge in [0, 0.05) is 34.0 Å². The minimum absolute atomic E-state index is 0.0324. The Hall–Kier alpha value is -6.17. The van der Waals surface area contributed by atoms with E-state index in [1.807, 2.05) is 38.1 Å². The first-order chi connectivity index (χ1) is 32.2. The predicted octanol–water partition coefficient (Wildman–Crippen LogP) is 10.5. The summed E-state index contributed by atoms with van der Waals surface area (Å²) in [7, 11) is 0. The minimum Gasteiger partial charge on any atom is -0.491 e. The molecule has 0 aliphatic rings. The van der Waals surface area contributed by atoms with Crippen molar-refractivity contribution in [3.05, 3.63) is 129 Å². The standard InChI is InChI=1S/C52H56F6N2O9/c1-8-31-14-10-12-16-38(31)40-22-33-18-20-35(24-42(33)68-44(40)61)64-26-37(27-65-36-21-19-34-23-41(45(62)69-43(34)25-36)39-17-13-11-15-32(39)9-2)66-29-50(53,54)52(57,58)51(55,56)30-67-46(63)49(7,48(5,6)60)28-47(3,4)59/h10-25,37H,8-9,26-30,59-60H2,1-7H3. The molecule has 0 amide bonds. The quantitative estimate of drug-likeness (QED) is 0.0400. The number of ether oxygens (including phenoxy) is 4. The second kappa shape index (κ2) is 20.0. The van der Waals surface area contributed by atoms with E-state index in [1.165, 1.54) is 58.9 Å². The van der Waals surface area contributed by atoms with Crippen molar-refractivity contribution in [2.24, 2.45) is 16.9 Å². The van der Waals surface area contributed by atoms with Gasteiger partial charge in [-0.3, -0.25) is 4.79 Å². The number of rotatable bonds is 21. The van der Waals surface area contributed by atoms with Crippen LogP contribution in [-0.2, 0) is 27.1 Å². The molecule has 0 spiro atoms. The number of alkyl halides is 6. The Morgan fingerprint density at radius 2 is 1.04 bits per heavy atom. The number of aryl methyl sites for hydroxylation is 2. The topological polar surface area (TPSA) is 166 Å². The van der Waals surface area contributed by atoms with Crippen LogP contribution in [0.1, 0.15) is 66.0 Å². The Balaban J connectivity index is 1.23. The number of hydrogen-bond donors (Lipinski definition) is 2. The molecule has 370 valence electrons. The van der Waals surface area contributed by atoms with Crippen LogP contribution < -0.4 is 32.2 Å². The van der Waals surface area contributed by atoms with Crippen LogP contribution in [0.3, 0.4) is 0 Å². The average molecular weight is 967 g/mol. The fraction of sp³-hybridized carbons (Fsp3) is 0.404. The second-order valence-electron chi connectivity index (χ2n) is 18.6. The van der Waals surface area contributed by atoms with Gasteiger partial charge in [-0.2, -0.15) is 26.3 Å². The van der Waals surface area contributed by atoms with Crippen molar-refractivity contribution in [3.8, 4) is 33.8 Å². The van der Waals surface area contributed by atoms with Crippen LogP contribution in [0.5, 0.6) is 11.5 Å². The number of fused-ring (bicyclic) bond motifs is 2. The van der Waals surface area contributed by atoms with Crippen molar-refractivity contribution in [2.45, 2.75) is 103 Å². The highest BCUT2D eigenvalue weighted by Crippen LogP contribution is 2.47. The molecule has 1 unspecified atom stereocenters. The molecular weight excluding hydrogens is 911 g/mol. The smallest absolute Gasteiger partial charge is 0.377 e. The maximum absolute atomic E-state index is 15.5. The third-order valence-electron chi connectivity index (χ3n) is 12.1. The second-order valence-corrected chi connectivity index (χ2v) is 18.6. The molecule has 69 heavy (non-hydrogen) atoms. The van der Waals surface area contributed by atoms with Crippen LogP contribution in [0.4, 0.5) is 26.3 Å². The van der Waals surface area contributed by atoms with Gasteiger partial charge in [-0.05, 0) is 113 Å². The van der Waals surface area contributed by atoms with Gasteiger partial charge in [-0.25, -0.2) is 9.59 Å². The summed E-state index contributed by atoms with van der Waals surface area (Å²) in [5.41, 5.74) is 10.6. The Labute approximate surface area is 394 Å². The monoisotopic (exact) mass is 966 g/mol. The lowest BCUT2D eigenvalue weighted by molar-refractivity contribution is -0.330. The zero-order valence-corrected chi connectivity index (χ0v) is 39.4. The highest BCUT2D eigenvalue weighted by molar-refractivity contribution is 5.84. The van der Waals surface area contributed by atoms with Gasteiger partial charge >= 0.3 is 35.0 Å². The molecule has 0 aliphatic heterocycles. The summed E-state index contributed by atoms with van der Waals surface area (Å²) >= 11 is 0. The van der Waals surface area contributed by atoms with Gasteiger partial charge in [0.2, 0.25) is 0 Å². The van der Waals surface area contributed by atoms with E-state index in [4.69, 9.17) is 34.5 Å². The van der Waals surface area contributed by atoms with E-state index in [9.17, 15) is 14.4 Å². The number of esters is 1. The maximum Gasteiger partial charge on any atom is 0.377 e. The number of carbonyl (C=O) groups is 1. The Bertz CT molecular complexity index is 2770. The zero-order valence-electron chi connectivity index (χ0n) is 39.4. The van der Waals surface area contributed by atoms with Gasteiger partial charge in [-0.15, -0.1) is 0 Å². The summed E-state index contributed by atoms with van der Waals surface area (Å²) in [5, 5.41) is 1.02. The fourth-order valence-corrected chi connectivity index (χ4v) is 7.90. The van der Waals surface area contributed by atoms with E-state index in [-0.39, 0.29) is 29.1 Å². The third kappa shape index (κ3) is 11.5. The molecule has 0 saturated heterocycles. The highest BCUT2D eigenvalue weighted by atomic mass is 19.3. The van der Waals surface area contributed by atoms with E-state index in [2.05, 4.69) is 4.74 Å². The summed E-state index contributed by atoms with van der Waals surface area (Å²) in [5.74, 6) is -18.7. The molecule has 17 heteroatoms. The predicted molar refractivity (Wildman–Crippen MR) is 250 cm³/mol. The number of benzene rings is 4. The first-order valence-electron chi connectivity index (χ1n) is 22.3. The Morgan fingerprint density at radius 1 is 0.609 bits per heavy atom. The zero-order chi connectivity index (χ0) is 50.7. The van der Waals surface area contributed by atoms with E-state index in [0.717, 1.165) is 11.1 Å². The van der Waals surface area contributed by atoms with Crippen molar-refractivity contribution >= 4 is 27.9 Å². The maximum atomic E-state index is 15.5. The average Bonchev–Trinajstić information content (AvgIpc) is 3.28. The summed E-state index contributed by atoms with van der Waals surface area (Å²) in [4.78, 5) is 39.5. The van der Waals surface area contributed by atoms with E-state index in [1.54, 1.807) is 48.5 Å². The van der Waals surface area contributed by atoms with Crippen molar-refractivity contribution in [3.63, 3.8) is 0 Å². The van der Waals surface area contributed by atoms with Crippen molar-refractivity contribution in [1.82, 2.24) is 0 Å². The molecule has 1 atom stereocenters. The number of carbonyl (C=O) groups excluding carboxylic acids is 1. The lowest BCUT2D eigenvalue weighted by atomic mass is 9.67. The summed E-state index contributed by atoms with van der Waals surface area (Å²) in [6.45, 7) is 4.88. The van der Waals surface area contributed by atoms with Crippen molar-refractivity contribution < 1.29 is 58.9 Å². The number of halogens is 6. The third-order valence-corrected chi connectivity index (χ3v) is 12.1. The Morgan fingerprint density at radius 3 is 1.46 bits per heavy atom. The van der Waals surface area contributed by atoms with Gasteiger partial charge in [0.1, 0.15) is 48.6 Å². The van der Waals surface area contributed by atoms with E-state index < -0.39 is 84.0 Å². The normalized spacial score (nSPS) is 13.7. The summed E-state index contributed by atoms with van der Waals surface area (Å²) in [6, 6.07) is 26.8. The minimum atomic E-state index is -6.13. The molecule has 0 radical (unpaired) electrons. The molecule has 4 aromatic carbocycles. The van der Waals surface area contributed by atoms with Crippen LogP contribution in [0, 0.1) is 5.41 Å². The molecular formula is C52H56F6N2O9. The molecule has 11 nitrogen and oxygen atoms in total. The summed E-state index contributed by atoms with van der Waals surface area (Å²) in [6.07, 6.45) is -0.575. The highest BCUT2D eigenvalue weighted by Gasteiger charge is 2.72. The molecule has 0 aliphatic carbocycles. The Kier molecular flexibility index (Phi) is 15.2. The largest absolute Gasteiger partial charge is 0.491 e. The van der Waals surface area contributed by atoms with Crippen molar-refractivity contribution in [2.75, 3.05) is 26.4 Å². The fourth-order valence-electron chi connectivity index (χ4n) is 7.90. The summed E-state index contributed by atoms with van der Waals surface area (Å²) < 4.78 is 125. The van der Waals surface area contributed by atoms with Crippen LogP contribution in [0.2, 0.25) is 0 Å². The molecule has 0 saturated carbocycles. The van der Waals surface area contributed by atoms with E-state index in [0.29, 0.717) is 45.9 Å². The lowest BCUT2D eigenvalue weighted by Crippen LogP contribution is -2.60. The van der Waals surface area contributed by atoms with Crippen molar-refractivity contribution in [1.29, 1.82) is 0 Å². The number of nitrogens with two attached hydrogens (primary N) is 2. The van der Waals surface area contributed by atoms with Crippen LogP contribution in [0.25, 0.3) is 44.2 Å². The van der Waals surface area contributed by atoms with Crippen LogP contribution in [-0.4, -0.2) is 67.3 Å². The first kappa shape index (κ1) is 52.2. The molecule has 4 N–H and O–H groups in total. The molecule has 0 fully saturated rings. The molecule has 6 aromatic rings. The van der Waals surface area contributed by atoms with Gasteiger partial charge < -0.3 is 39.2 Å². The first-order valence-corrected chi connectivity index (χ1v) is 22.3. The molecule has 6 rings (SSSR count). The van der Waals surface area contributed by atoms with Crippen LogP contribution >= 0.6 is 0 Å². The van der Waals surface area contributed by atoms with Gasteiger partial charge in [-0.1, -0.05) is 62.4 Å². The van der Waals surface area contributed by atoms with E-state index >= 15 is 26.3 Å². The van der Waals surface area contributed by atoms with Gasteiger partial charge in [0.05, 0.1) is 16.5 Å². The SMILES string of the molecule is CCc1ccccc1-c1cc2ccc(OCC(COc3ccc4cc(-c5ccccc5CC)c(=O)oc4c3)OCC(F)(F)C(F)(F)C(F)(F)COC(=O)C(C)(CC(C)(C)N)C(C)(C)N)cc2oc1=O. The van der Waals surface area contributed by atoms with Gasteiger partial charge in [0.15, 0.2) is 6.61 Å². The molecule has 2 aromatic heterocycles. The molecule has 2 heterocycles. The molecule has 0 bridgehead atoms. The lowest BCUT2D eigenvalue weighted by Gasteiger charge is -2.43.